The first-order valence-corrected chi connectivity index (χ1v) is 5.37. The average molecular weight is 253 g/mol. The predicted octanol–water partition coefficient (Wildman–Crippen LogP) is 2.94. The minimum absolute atomic E-state index is 0.589. The fraction of sp³-hybridized carbons (Fsp3) is 0.200. The third-order valence-electron chi connectivity index (χ3n) is 1.86. The smallest absolute Gasteiger partial charge is 0.237 e. The molecule has 1 aromatic heterocycles. The van der Waals surface area contributed by atoms with Crippen molar-refractivity contribution in [2.45, 2.75) is 12.3 Å². The summed E-state index contributed by atoms with van der Waals surface area (Å²) in [6.45, 7) is 2.04. The quantitative estimate of drug-likeness (QED) is 0.772. The molecule has 72 valence electrons. The number of aromatic nitrogens is 2. The molecule has 0 fully saturated rings. The van der Waals surface area contributed by atoms with Gasteiger partial charge in [0.1, 0.15) is 0 Å². The summed E-state index contributed by atoms with van der Waals surface area (Å²) in [4.78, 5) is 4.22. The highest BCUT2D eigenvalue weighted by Gasteiger charge is 2.06. The van der Waals surface area contributed by atoms with Crippen molar-refractivity contribution in [1.82, 2.24) is 10.1 Å². The lowest BCUT2D eigenvalue weighted by Gasteiger charge is -1.94. The van der Waals surface area contributed by atoms with Crippen molar-refractivity contribution in [1.29, 1.82) is 0 Å². The minimum Gasteiger partial charge on any atom is -0.338 e. The number of rotatable bonds is 2. The van der Waals surface area contributed by atoms with Gasteiger partial charge in [0.05, 0.1) is 5.33 Å². The maximum absolute atomic E-state index is 5.00. The molecule has 0 aliphatic carbocycles. The third-order valence-corrected chi connectivity index (χ3v) is 2.34. The van der Waals surface area contributed by atoms with Gasteiger partial charge in [-0.05, 0) is 13.0 Å². The van der Waals surface area contributed by atoms with Crippen LogP contribution in [0.25, 0.3) is 11.4 Å². The Morgan fingerprint density at radius 1 is 1.43 bits per heavy atom. The molecule has 0 atom stereocenters. The first-order valence-electron chi connectivity index (χ1n) is 4.25. The number of nitrogens with zero attached hydrogens (tertiary/aromatic N) is 2. The summed E-state index contributed by atoms with van der Waals surface area (Å²) >= 11 is 3.26. The second-order valence-corrected chi connectivity index (χ2v) is 3.58. The number of halogens is 1. The van der Waals surface area contributed by atoms with E-state index in [-0.39, 0.29) is 0 Å². The van der Waals surface area contributed by atoms with Gasteiger partial charge in [0.25, 0.3) is 0 Å². The molecule has 0 N–H and O–H groups in total. The van der Waals surface area contributed by atoms with E-state index in [1.165, 1.54) is 5.56 Å². The molecule has 1 heterocycles. The van der Waals surface area contributed by atoms with Crippen molar-refractivity contribution in [3.8, 4) is 11.4 Å². The van der Waals surface area contributed by atoms with Crippen LogP contribution in [0.2, 0.25) is 0 Å². The highest BCUT2D eigenvalue weighted by Crippen LogP contribution is 2.17. The van der Waals surface area contributed by atoms with Gasteiger partial charge < -0.3 is 4.52 Å². The van der Waals surface area contributed by atoms with E-state index in [9.17, 15) is 0 Å². The summed E-state index contributed by atoms with van der Waals surface area (Å²) in [5.41, 5.74) is 2.17. The average Bonchev–Trinajstić information content (AvgIpc) is 2.66. The Kier molecular flexibility index (Phi) is 2.63. The zero-order valence-electron chi connectivity index (χ0n) is 7.70. The van der Waals surface area contributed by atoms with Gasteiger partial charge in [-0.15, -0.1) is 0 Å². The van der Waals surface area contributed by atoms with Gasteiger partial charge in [0.15, 0.2) is 0 Å². The van der Waals surface area contributed by atoms with Gasteiger partial charge in [0, 0.05) is 5.56 Å². The van der Waals surface area contributed by atoms with Crippen LogP contribution >= 0.6 is 15.9 Å². The zero-order valence-corrected chi connectivity index (χ0v) is 9.28. The number of hydrogen-bond acceptors (Lipinski definition) is 3. The number of aryl methyl sites for hydroxylation is 1. The molecule has 0 radical (unpaired) electrons. The predicted molar refractivity (Wildman–Crippen MR) is 57.1 cm³/mol. The molecule has 0 aliphatic heterocycles. The lowest BCUT2D eigenvalue weighted by molar-refractivity contribution is 0.392. The van der Waals surface area contributed by atoms with Crippen LogP contribution in [-0.4, -0.2) is 10.1 Å². The van der Waals surface area contributed by atoms with E-state index in [0.717, 1.165) is 5.56 Å². The van der Waals surface area contributed by atoms with E-state index < -0.39 is 0 Å². The molecular weight excluding hydrogens is 244 g/mol. The molecule has 3 nitrogen and oxygen atoms in total. The topological polar surface area (TPSA) is 38.9 Å². The van der Waals surface area contributed by atoms with Gasteiger partial charge >= 0.3 is 0 Å². The van der Waals surface area contributed by atoms with Crippen molar-refractivity contribution in [3.05, 3.63) is 35.7 Å². The van der Waals surface area contributed by atoms with E-state index in [0.29, 0.717) is 17.0 Å². The van der Waals surface area contributed by atoms with E-state index in [4.69, 9.17) is 4.52 Å². The van der Waals surface area contributed by atoms with E-state index in [1.807, 2.05) is 31.2 Å². The van der Waals surface area contributed by atoms with Crippen LogP contribution in [0.1, 0.15) is 11.5 Å². The van der Waals surface area contributed by atoms with Gasteiger partial charge in [-0.1, -0.05) is 44.8 Å². The first-order chi connectivity index (χ1) is 6.79. The molecule has 0 bridgehead atoms. The normalized spacial score (nSPS) is 10.4. The highest BCUT2D eigenvalue weighted by molar-refractivity contribution is 9.08. The molecule has 0 saturated heterocycles. The summed E-state index contributed by atoms with van der Waals surface area (Å²) in [5, 5.41) is 4.47. The van der Waals surface area contributed by atoms with Crippen molar-refractivity contribution < 1.29 is 4.52 Å². The molecule has 2 aromatic rings. The highest BCUT2D eigenvalue weighted by atomic mass is 79.9. The van der Waals surface area contributed by atoms with Crippen molar-refractivity contribution in [2.75, 3.05) is 0 Å². The van der Waals surface area contributed by atoms with Crippen LogP contribution in [0.5, 0.6) is 0 Å². The van der Waals surface area contributed by atoms with Gasteiger partial charge in [0.2, 0.25) is 11.7 Å². The van der Waals surface area contributed by atoms with Gasteiger partial charge in [-0.3, -0.25) is 0 Å². The van der Waals surface area contributed by atoms with Gasteiger partial charge in [-0.2, -0.15) is 4.98 Å². The Morgan fingerprint density at radius 2 is 2.29 bits per heavy atom. The van der Waals surface area contributed by atoms with Crippen LogP contribution in [0.4, 0.5) is 0 Å². The van der Waals surface area contributed by atoms with E-state index >= 15 is 0 Å². The lowest BCUT2D eigenvalue weighted by atomic mass is 10.1. The first kappa shape index (κ1) is 9.40. The van der Waals surface area contributed by atoms with E-state index in [2.05, 4.69) is 26.1 Å². The number of alkyl halides is 1. The fourth-order valence-corrected chi connectivity index (χ4v) is 1.44. The standard InChI is InChI=1S/C10H9BrN2O/c1-7-3-2-4-8(5-7)10-12-9(6-11)14-13-10/h2-5H,6H2,1H3. The van der Waals surface area contributed by atoms with Crippen molar-refractivity contribution in [3.63, 3.8) is 0 Å². The van der Waals surface area contributed by atoms with Crippen LogP contribution in [0.3, 0.4) is 0 Å². The van der Waals surface area contributed by atoms with E-state index in [1.54, 1.807) is 0 Å². The molecule has 2 rings (SSSR count). The molecule has 0 aliphatic rings. The molecule has 0 spiro atoms. The summed E-state index contributed by atoms with van der Waals surface area (Å²) < 4.78 is 5.00. The van der Waals surface area contributed by atoms with Crippen LogP contribution < -0.4 is 0 Å². The second kappa shape index (κ2) is 3.92. The maximum Gasteiger partial charge on any atom is 0.237 e. The Labute approximate surface area is 90.3 Å². The Morgan fingerprint density at radius 3 is 2.93 bits per heavy atom. The molecule has 0 amide bonds. The zero-order chi connectivity index (χ0) is 9.97. The van der Waals surface area contributed by atoms with Crippen molar-refractivity contribution >= 4 is 15.9 Å². The summed E-state index contributed by atoms with van der Waals surface area (Å²) in [5.74, 6) is 1.24. The SMILES string of the molecule is Cc1cccc(-c2noc(CBr)n2)c1. The Balaban J connectivity index is 2.39. The third kappa shape index (κ3) is 1.85. The second-order valence-electron chi connectivity index (χ2n) is 3.01. The molecule has 4 heteroatoms. The largest absolute Gasteiger partial charge is 0.338 e. The Hall–Kier alpha value is -1.16. The van der Waals surface area contributed by atoms with Crippen LogP contribution in [-0.2, 0) is 5.33 Å². The lowest BCUT2D eigenvalue weighted by Crippen LogP contribution is -1.82. The summed E-state index contributed by atoms with van der Waals surface area (Å²) in [6, 6.07) is 8.02. The minimum atomic E-state index is 0.589. The summed E-state index contributed by atoms with van der Waals surface area (Å²) in [7, 11) is 0. The monoisotopic (exact) mass is 252 g/mol. The molecule has 0 unspecified atom stereocenters. The summed E-state index contributed by atoms with van der Waals surface area (Å²) in [6.07, 6.45) is 0. The van der Waals surface area contributed by atoms with Gasteiger partial charge in [-0.25, -0.2) is 0 Å². The molecule has 14 heavy (non-hydrogen) atoms. The molecular formula is C10H9BrN2O. The Bertz CT molecular complexity index is 439. The number of benzene rings is 1. The van der Waals surface area contributed by atoms with Crippen LogP contribution in [0.15, 0.2) is 28.8 Å². The molecule has 1 aromatic carbocycles. The molecule has 0 saturated carbocycles. The maximum atomic E-state index is 5.00. The van der Waals surface area contributed by atoms with Crippen molar-refractivity contribution in [2.24, 2.45) is 0 Å². The number of hydrogen-bond donors (Lipinski definition) is 0. The fourth-order valence-electron chi connectivity index (χ4n) is 1.21. The van der Waals surface area contributed by atoms with Crippen LogP contribution in [0, 0.1) is 6.92 Å².